The molecule has 7 nitrogen and oxygen atoms in total. The van der Waals surface area contributed by atoms with Crippen molar-refractivity contribution in [3.05, 3.63) is 87.5 Å². The van der Waals surface area contributed by atoms with E-state index in [0.717, 1.165) is 9.13 Å². The molecule has 0 saturated carbocycles. The SMILES string of the molecule is CC(CC(=O)Nc1ccc(C(=O)N=Nc2c(O)[nH]c3ccc(I)cc23)cc1)c1ccccc1. The van der Waals surface area contributed by atoms with E-state index in [1.54, 1.807) is 24.3 Å². The molecule has 4 rings (SSSR count). The van der Waals surface area contributed by atoms with E-state index in [0.29, 0.717) is 28.6 Å². The molecule has 8 heteroatoms. The van der Waals surface area contributed by atoms with Crippen LogP contribution in [-0.2, 0) is 4.79 Å². The zero-order valence-corrected chi connectivity index (χ0v) is 19.9. The number of aromatic hydroxyl groups is 1. The van der Waals surface area contributed by atoms with Crippen molar-refractivity contribution in [1.29, 1.82) is 0 Å². The number of anilines is 1. The van der Waals surface area contributed by atoms with Crippen molar-refractivity contribution in [3.8, 4) is 5.88 Å². The number of azo groups is 1. The highest BCUT2D eigenvalue weighted by Crippen LogP contribution is 2.36. The van der Waals surface area contributed by atoms with Gasteiger partial charge in [-0.3, -0.25) is 9.59 Å². The van der Waals surface area contributed by atoms with Crippen molar-refractivity contribution in [2.75, 3.05) is 5.32 Å². The highest BCUT2D eigenvalue weighted by molar-refractivity contribution is 14.1. The quantitative estimate of drug-likeness (QED) is 0.187. The lowest BCUT2D eigenvalue weighted by Crippen LogP contribution is -2.14. The number of hydrogen-bond donors (Lipinski definition) is 3. The standard InChI is InChI=1S/C25H21IN4O3/c1-15(16-5-3-2-4-6-16)13-22(31)27-19-10-7-17(8-11-19)24(32)30-29-23-20-14-18(26)9-12-21(20)28-25(23)33/h2-12,14-15,28,33H,13H2,1H3,(H,27,31). The van der Waals surface area contributed by atoms with Gasteiger partial charge in [0, 0.05) is 26.6 Å². The smallest absolute Gasteiger partial charge is 0.295 e. The van der Waals surface area contributed by atoms with Gasteiger partial charge in [-0.05, 0) is 76.5 Å². The second kappa shape index (κ2) is 9.95. The van der Waals surface area contributed by atoms with E-state index in [1.807, 2.05) is 55.5 Å². The molecule has 33 heavy (non-hydrogen) atoms. The second-order valence-corrected chi connectivity index (χ2v) is 8.90. The highest BCUT2D eigenvalue weighted by atomic mass is 127. The lowest BCUT2D eigenvalue weighted by Gasteiger charge is -2.12. The van der Waals surface area contributed by atoms with E-state index in [2.05, 4.69) is 43.1 Å². The maximum atomic E-state index is 12.4. The van der Waals surface area contributed by atoms with Crippen molar-refractivity contribution in [3.63, 3.8) is 0 Å². The highest BCUT2D eigenvalue weighted by Gasteiger charge is 2.13. The zero-order chi connectivity index (χ0) is 23.4. The first-order valence-corrected chi connectivity index (χ1v) is 11.4. The molecule has 1 atom stereocenters. The average molecular weight is 552 g/mol. The fourth-order valence-corrected chi connectivity index (χ4v) is 3.97. The molecular weight excluding hydrogens is 531 g/mol. The first kappa shape index (κ1) is 22.7. The third-order valence-corrected chi connectivity index (χ3v) is 5.90. The Kier molecular flexibility index (Phi) is 6.83. The predicted octanol–water partition coefficient (Wildman–Crippen LogP) is 6.53. The van der Waals surface area contributed by atoms with Gasteiger partial charge in [0.15, 0.2) is 5.69 Å². The third kappa shape index (κ3) is 5.46. The normalized spacial score (nSPS) is 12.2. The van der Waals surface area contributed by atoms with Gasteiger partial charge in [-0.25, -0.2) is 0 Å². The van der Waals surface area contributed by atoms with E-state index in [-0.39, 0.29) is 23.4 Å². The summed E-state index contributed by atoms with van der Waals surface area (Å²) in [6.07, 6.45) is 0.353. The number of nitrogens with zero attached hydrogens (tertiary/aromatic N) is 2. The fraction of sp³-hybridized carbons (Fsp3) is 0.120. The Morgan fingerprint density at radius 2 is 1.79 bits per heavy atom. The minimum Gasteiger partial charge on any atom is -0.493 e. The number of carbonyl (C=O) groups excluding carboxylic acids is 2. The molecule has 0 spiro atoms. The Bertz CT molecular complexity index is 1330. The molecule has 0 aliphatic heterocycles. The van der Waals surface area contributed by atoms with Gasteiger partial charge in [0.25, 0.3) is 5.91 Å². The summed E-state index contributed by atoms with van der Waals surface area (Å²) < 4.78 is 0.970. The van der Waals surface area contributed by atoms with E-state index >= 15 is 0 Å². The van der Waals surface area contributed by atoms with Gasteiger partial charge < -0.3 is 15.4 Å². The number of carbonyl (C=O) groups is 2. The molecule has 2 amide bonds. The maximum absolute atomic E-state index is 12.4. The number of aromatic amines is 1. The van der Waals surface area contributed by atoms with Crippen LogP contribution in [0.4, 0.5) is 11.4 Å². The molecule has 0 aliphatic carbocycles. The van der Waals surface area contributed by atoms with Crippen LogP contribution in [0.3, 0.4) is 0 Å². The van der Waals surface area contributed by atoms with Crippen molar-refractivity contribution in [2.45, 2.75) is 19.3 Å². The number of rotatable bonds is 6. The topological polar surface area (TPSA) is 107 Å². The Morgan fingerprint density at radius 3 is 2.52 bits per heavy atom. The second-order valence-electron chi connectivity index (χ2n) is 7.66. The molecule has 1 heterocycles. The Morgan fingerprint density at radius 1 is 1.06 bits per heavy atom. The summed E-state index contributed by atoms with van der Waals surface area (Å²) in [5.41, 5.74) is 2.94. The van der Waals surface area contributed by atoms with E-state index in [9.17, 15) is 14.7 Å². The predicted molar refractivity (Wildman–Crippen MR) is 136 cm³/mol. The summed E-state index contributed by atoms with van der Waals surface area (Å²) in [4.78, 5) is 27.6. The Hall–Kier alpha value is -3.53. The van der Waals surface area contributed by atoms with Crippen LogP contribution in [-0.4, -0.2) is 21.9 Å². The molecule has 3 N–H and O–H groups in total. The first-order valence-electron chi connectivity index (χ1n) is 10.3. The van der Waals surface area contributed by atoms with Crippen LogP contribution in [0.15, 0.2) is 83.0 Å². The van der Waals surface area contributed by atoms with Gasteiger partial charge in [-0.15, -0.1) is 10.2 Å². The van der Waals surface area contributed by atoms with Crippen molar-refractivity contribution in [1.82, 2.24) is 4.98 Å². The molecule has 3 aromatic carbocycles. The summed E-state index contributed by atoms with van der Waals surface area (Å²) >= 11 is 2.16. The Labute approximate surface area is 204 Å². The lowest BCUT2D eigenvalue weighted by molar-refractivity contribution is -0.116. The minimum absolute atomic E-state index is 0.0941. The molecule has 166 valence electrons. The van der Waals surface area contributed by atoms with Crippen molar-refractivity contribution in [2.24, 2.45) is 10.2 Å². The third-order valence-electron chi connectivity index (χ3n) is 5.23. The van der Waals surface area contributed by atoms with E-state index in [1.165, 1.54) is 0 Å². The van der Waals surface area contributed by atoms with E-state index in [4.69, 9.17) is 0 Å². The number of nitrogens with one attached hydrogen (secondary N) is 2. The molecule has 0 saturated heterocycles. The van der Waals surface area contributed by atoms with Gasteiger partial charge in [0.1, 0.15) is 0 Å². The number of hydrogen-bond acceptors (Lipinski definition) is 4. The average Bonchev–Trinajstić information content (AvgIpc) is 3.12. The van der Waals surface area contributed by atoms with Gasteiger partial charge in [-0.1, -0.05) is 37.3 Å². The number of amides is 2. The Balaban J connectivity index is 1.40. The number of halogens is 1. The van der Waals surface area contributed by atoms with Crippen molar-refractivity contribution >= 4 is 56.7 Å². The summed E-state index contributed by atoms with van der Waals surface area (Å²) in [6.45, 7) is 2.01. The number of aromatic nitrogens is 1. The van der Waals surface area contributed by atoms with Gasteiger partial charge in [0.05, 0.1) is 5.52 Å². The molecule has 0 fully saturated rings. The van der Waals surface area contributed by atoms with E-state index < -0.39 is 5.91 Å². The lowest BCUT2D eigenvalue weighted by atomic mass is 9.97. The molecule has 0 radical (unpaired) electrons. The van der Waals surface area contributed by atoms with Crippen LogP contribution >= 0.6 is 22.6 Å². The first-order chi connectivity index (χ1) is 15.9. The maximum Gasteiger partial charge on any atom is 0.295 e. The summed E-state index contributed by atoms with van der Waals surface area (Å²) in [7, 11) is 0. The minimum atomic E-state index is -0.551. The monoisotopic (exact) mass is 552 g/mol. The van der Waals surface area contributed by atoms with Gasteiger partial charge >= 0.3 is 0 Å². The molecule has 1 unspecified atom stereocenters. The number of H-pyrrole nitrogens is 1. The van der Waals surface area contributed by atoms with Crippen LogP contribution in [0.2, 0.25) is 0 Å². The van der Waals surface area contributed by atoms with Crippen LogP contribution in [0.1, 0.15) is 35.2 Å². The summed E-state index contributed by atoms with van der Waals surface area (Å²) in [6, 6.07) is 21.9. The molecule has 1 aromatic heterocycles. The van der Waals surface area contributed by atoms with Crippen LogP contribution in [0.25, 0.3) is 10.9 Å². The summed E-state index contributed by atoms with van der Waals surface area (Å²) in [5.74, 6) is -0.706. The fourth-order valence-electron chi connectivity index (χ4n) is 3.48. The molecule has 0 aliphatic rings. The number of benzene rings is 3. The molecule has 4 aromatic rings. The van der Waals surface area contributed by atoms with Crippen LogP contribution < -0.4 is 5.32 Å². The summed E-state index contributed by atoms with van der Waals surface area (Å²) in [5, 5.41) is 21.4. The van der Waals surface area contributed by atoms with Gasteiger partial charge in [0.2, 0.25) is 11.8 Å². The zero-order valence-electron chi connectivity index (χ0n) is 17.7. The van der Waals surface area contributed by atoms with Gasteiger partial charge in [-0.2, -0.15) is 0 Å². The number of fused-ring (bicyclic) bond motifs is 1. The molecule has 0 bridgehead atoms. The van der Waals surface area contributed by atoms with Crippen molar-refractivity contribution < 1.29 is 14.7 Å². The largest absolute Gasteiger partial charge is 0.493 e. The van der Waals surface area contributed by atoms with Crippen LogP contribution in [0, 0.1) is 3.57 Å². The van der Waals surface area contributed by atoms with Crippen LogP contribution in [0.5, 0.6) is 5.88 Å². The molecular formula is C25H21IN4O3.